The maximum absolute atomic E-state index is 13.4. The number of rotatable bonds is 8. The second-order valence-corrected chi connectivity index (χ2v) is 7.94. The zero-order chi connectivity index (χ0) is 19.4. The predicted molar refractivity (Wildman–Crippen MR) is 123 cm³/mol. The quantitative estimate of drug-likeness (QED) is 0.695. The fourth-order valence-electron chi connectivity index (χ4n) is 4.29. The van der Waals surface area contributed by atoms with Gasteiger partial charge in [0, 0.05) is 35.0 Å². The highest BCUT2D eigenvalue weighted by molar-refractivity contribution is 6.11. The normalized spacial score (nSPS) is 15.7. The van der Waals surface area contributed by atoms with Crippen molar-refractivity contribution in [2.45, 2.75) is 59.3 Å². The van der Waals surface area contributed by atoms with E-state index >= 15 is 0 Å². The number of hydrogen-bond acceptors (Lipinski definition) is 3. The van der Waals surface area contributed by atoms with Gasteiger partial charge in [0.15, 0.2) is 5.78 Å². The molecule has 162 valence electrons. The lowest BCUT2D eigenvalue weighted by Gasteiger charge is -2.31. The van der Waals surface area contributed by atoms with E-state index in [4.69, 9.17) is 0 Å². The van der Waals surface area contributed by atoms with Crippen LogP contribution >= 0.6 is 12.4 Å². The van der Waals surface area contributed by atoms with E-state index in [1.807, 2.05) is 19.1 Å². The summed E-state index contributed by atoms with van der Waals surface area (Å²) in [6.07, 6.45) is 6.61. The van der Waals surface area contributed by atoms with Gasteiger partial charge in [0.05, 0.1) is 0 Å². The maximum Gasteiger partial charge on any atom is 0.248 e. The summed E-state index contributed by atoms with van der Waals surface area (Å²) in [5, 5.41) is 0.901. The molecule has 0 aliphatic heterocycles. The summed E-state index contributed by atoms with van der Waals surface area (Å²) in [5.41, 5.74) is 3.79. The molecule has 0 fully saturated rings. The number of aromatic nitrogens is 1. The van der Waals surface area contributed by atoms with E-state index in [0.717, 1.165) is 54.5 Å². The second-order valence-electron chi connectivity index (χ2n) is 7.94. The maximum atomic E-state index is 13.4. The van der Waals surface area contributed by atoms with Gasteiger partial charge in [-0.1, -0.05) is 26.7 Å². The number of aryl methyl sites for hydroxylation is 1. The monoisotopic (exact) mass is 422 g/mol. The summed E-state index contributed by atoms with van der Waals surface area (Å²) >= 11 is 0. The average molecular weight is 423 g/mol. The van der Waals surface area contributed by atoms with Crippen LogP contribution in [0.2, 0.25) is 0 Å². The number of Topliss-reactive ketones (excluding diaryl/α,β-unsaturated/α-hetero) is 1. The Hall–Kier alpha value is -1.69. The van der Waals surface area contributed by atoms with Crippen molar-refractivity contribution in [3.05, 3.63) is 45.2 Å². The van der Waals surface area contributed by atoms with Crippen molar-refractivity contribution in [2.24, 2.45) is 5.92 Å². The van der Waals surface area contributed by atoms with Crippen molar-refractivity contribution in [2.75, 3.05) is 19.6 Å². The molecule has 0 saturated carbocycles. The van der Waals surface area contributed by atoms with Crippen LogP contribution in [-0.2, 0) is 6.42 Å². The summed E-state index contributed by atoms with van der Waals surface area (Å²) < 4.78 is 0. The number of unbranched alkanes of at least 4 members (excludes halogenated alkanes) is 2. The third-order valence-corrected chi connectivity index (χ3v) is 5.85. The van der Waals surface area contributed by atoms with Gasteiger partial charge >= 0.3 is 0 Å². The fourth-order valence-corrected chi connectivity index (χ4v) is 4.29. The Morgan fingerprint density at radius 3 is 2.38 bits per heavy atom. The lowest BCUT2D eigenvalue weighted by molar-refractivity contribution is 0.0857. The average Bonchev–Trinajstić information content (AvgIpc) is 2.65. The summed E-state index contributed by atoms with van der Waals surface area (Å²) in [5.74, 6) is 0.318. The zero-order valence-corrected chi connectivity index (χ0v) is 18.7. The first-order valence-electron chi connectivity index (χ1n) is 10.5. The molecule has 1 unspecified atom stereocenters. The Morgan fingerprint density at radius 2 is 1.76 bits per heavy atom. The molecule has 1 aromatic heterocycles. The van der Waals surface area contributed by atoms with Crippen molar-refractivity contribution < 1.29 is 10.3 Å². The molecular formula is C23H35ClN2O3. The largest absolute Gasteiger partial charge is 0.412 e. The first-order chi connectivity index (χ1) is 13.0. The zero-order valence-electron chi connectivity index (χ0n) is 17.8. The van der Waals surface area contributed by atoms with Gasteiger partial charge in [-0.15, -0.1) is 12.4 Å². The molecule has 1 atom stereocenters. The number of hydrogen-bond donors (Lipinski definition) is 1. The van der Waals surface area contributed by atoms with E-state index in [1.54, 1.807) is 0 Å². The molecule has 3 N–H and O–H groups in total. The van der Waals surface area contributed by atoms with Gasteiger partial charge in [0.25, 0.3) is 0 Å². The lowest BCUT2D eigenvalue weighted by Crippen LogP contribution is -2.37. The van der Waals surface area contributed by atoms with E-state index in [1.165, 1.54) is 37.3 Å². The van der Waals surface area contributed by atoms with Crippen LogP contribution in [0.15, 0.2) is 23.0 Å². The van der Waals surface area contributed by atoms with Crippen molar-refractivity contribution in [3.8, 4) is 0 Å². The highest BCUT2D eigenvalue weighted by Crippen LogP contribution is 2.33. The van der Waals surface area contributed by atoms with Gasteiger partial charge in [-0.05, 0) is 69.0 Å². The number of carbonyl (C=O) groups is 1. The number of pyridine rings is 1. The minimum absolute atomic E-state index is 0. The van der Waals surface area contributed by atoms with Crippen LogP contribution in [0.1, 0.15) is 67.4 Å². The van der Waals surface area contributed by atoms with Gasteiger partial charge in [0.1, 0.15) is 0 Å². The number of carbonyl (C=O) groups excluding carboxylic acids is 1. The number of nitrogens with one attached hydrogen (secondary N) is 1. The number of benzene rings is 1. The molecule has 29 heavy (non-hydrogen) atoms. The molecule has 0 spiro atoms. The summed E-state index contributed by atoms with van der Waals surface area (Å²) in [4.78, 5) is 30.5. The van der Waals surface area contributed by atoms with Gasteiger partial charge < -0.3 is 15.4 Å². The van der Waals surface area contributed by atoms with E-state index in [0.29, 0.717) is 0 Å². The molecule has 1 aliphatic carbocycles. The van der Waals surface area contributed by atoms with Crippen molar-refractivity contribution >= 4 is 29.1 Å². The topological polar surface area (TPSA) is 84.7 Å². The molecule has 3 rings (SSSR count). The van der Waals surface area contributed by atoms with E-state index in [2.05, 4.69) is 23.7 Å². The summed E-state index contributed by atoms with van der Waals surface area (Å²) in [7, 11) is 0. The van der Waals surface area contributed by atoms with E-state index in [-0.39, 0.29) is 35.1 Å². The lowest BCUT2D eigenvalue weighted by atomic mass is 9.79. The second kappa shape index (κ2) is 11.5. The molecule has 0 saturated heterocycles. The van der Waals surface area contributed by atoms with Crippen LogP contribution in [0.4, 0.5) is 0 Å². The number of H-pyrrole nitrogens is 1. The molecule has 1 aliphatic rings. The number of halogens is 1. The van der Waals surface area contributed by atoms with E-state index < -0.39 is 0 Å². The molecule has 0 amide bonds. The Bertz CT molecular complexity index is 870. The molecular weight excluding hydrogens is 388 g/mol. The van der Waals surface area contributed by atoms with Crippen molar-refractivity contribution in [3.63, 3.8) is 0 Å². The minimum Gasteiger partial charge on any atom is -0.412 e. The number of nitrogens with zero attached hydrogens (tertiary/aromatic N) is 1. The minimum atomic E-state index is -0.119. The molecule has 1 heterocycles. The third-order valence-electron chi connectivity index (χ3n) is 5.85. The first-order valence-corrected chi connectivity index (χ1v) is 10.5. The molecule has 0 radical (unpaired) electrons. The smallest absolute Gasteiger partial charge is 0.248 e. The number of ketones is 1. The Labute approximate surface area is 179 Å². The van der Waals surface area contributed by atoms with Crippen LogP contribution in [0, 0.1) is 12.8 Å². The van der Waals surface area contributed by atoms with Crippen LogP contribution in [0.5, 0.6) is 0 Å². The van der Waals surface area contributed by atoms with Crippen LogP contribution in [0.3, 0.4) is 0 Å². The predicted octanol–water partition coefficient (Wildman–Crippen LogP) is 4.08. The van der Waals surface area contributed by atoms with Crippen molar-refractivity contribution in [1.29, 1.82) is 0 Å². The van der Waals surface area contributed by atoms with E-state index in [9.17, 15) is 9.59 Å². The van der Waals surface area contributed by atoms with Crippen LogP contribution < -0.4 is 5.56 Å². The molecule has 0 bridgehead atoms. The van der Waals surface area contributed by atoms with Gasteiger partial charge in [-0.25, -0.2) is 0 Å². The van der Waals surface area contributed by atoms with Gasteiger partial charge in [-0.3, -0.25) is 9.59 Å². The Morgan fingerprint density at radius 1 is 1.10 bits per heavy atom. The van der Waals surface area contributed by atoms with Crippen molar-refractivity contribution in [1.82, 2.24) is 9.88 Å². The van der Waals surface area contributed by atoms with Crippen LogP contribution in [0.25, 0.3) is 10.9 Å². The molecule has 6 heteroatoms. The highest BCUT2D eigenvalue weighted by Gasteiger charge is 2.31. The van der Waals surface area contributed by atoms with Crippen LogP contribution in [-0.4, -0.2) is 40.8 Å². The fraction of sp³-hybridized carbons (Fsp3) is 0.565. The van der Waals surface area contributed by atoms with Gasteiger partial charge in [0.2, 0.25) is 5.56 Å². The Balaban J connectivity index is 0.00000210. The third kappa shape index (κ3) is 5.68. The summed E-state index contributed by atoms with van der Waals surface area (Å²) in [6.45, 7) is 9.50. The SMILES string of the molecule is CCCCN(CCCC)CC1CCc2c(C)cc3[nH]c(=O)ccc3c2C1=O.Cl.O. The highest BCUT2D eigenvalue weighted by atomic mass is 35.5. The number of fused-ring (bicyclic) bond motifs is 3. The molecule has 2 aromatic rings. The first kappa shape index (κ1) is 25.3. The van der Waals surface area contributed by atoms with Gasteiger partial charge in [-0.2, -0.15) is 0 Å². The summed E-state index contributed by atoms with van der Waals surface area (Å²) in [6, 6.07) is 5.36. The molecule has 1 aromatic carbocycles. The standard InChI is InChI=1S/C23H32N2O2.ClH.H2O/c1-4-6-12-25(13-7-5-2)15-17-8-9-18-16(3)14-20-19(22(18)23(17)27)10-11-21(26)24-20;;/h10-11,14,17H,4-9,12-13,15H2,1-3H3,(H,24,26);1H;1H2. The molecule has 5 nitrogen and oxygen atoms in total. The number of aromatic amines is 1. The Kier molecular flexibility index (Phi) is 10.0.